The summed E-state index contributed by atoms with van der Waals surface area (Å²) in [6, 6.07) is 0. The van der Waals surface area contributed by atoms with Gasteiger partial charge in [0.2, 0.25) is 0 Å². The van der Waals surface area contributed by atoms with Crippen LogP contribution in [0, 0.1) is 0 Å². The second kappa shape index (κ2) is 6.95. The summed E-state index contributed by atoms with van der Waals surface area (Å²) >= 11 is 0. The van der Waals surface area contributed by atoms with E-state index in [1.165, 1.54) is 0 Å². The van der Waals surface area contributed by atoms with E-state index < -0.39 is 6.10 Å². The molecule has 1 aliphatic heterocycles. The Hall–Kier alpha value is -0.420. The second-order valence-corrected chi connectivity index (χ2v) is 3.73. The third-order valence-corrected chi connectivity index (χ3v) is 2.53. The van der Waals surface area contributed by atoms with Crippen LogP contribution in [0.2, 0.25) is 0 Å². The lowest BCUT2D eigenvalue weighted by atomic mass is 10.0. The summed E-state index contributed by atoms with van der Waals surface area (Å²) in [6.07, 6.45) is 5.90. The molecule has 0 saturated heterocycles. The van der Waals surface area contributed by atoms with Gasteiger partial charge in [-0.1, -0.05) is 18.9 Å². The van der Waals surface area contributed by atoms with E-state index in [1.807, 2.05) is 0 Å². The Morgan fingerprint density at radius 1 is 1.27 bits per heavy atom. The minimum absolute atomic E-state index is 0.182. The molecule has 15 heavy (non-hydrogen) atoms. The highest BCUT2D eigenvalue weighted by Gasteiger charge is 2.24. The summed E-state index contributed by atoms with van der Waals surface area (Å²) in [6.45, 7) is 0.231. The number of ether oxygens (including phenoxy) is 2. The van der Waals surface area contributed by atoms with E-state index in [0.29, 0.717) is 0 Å². The van der Waals surface area contributed by atoms with Crippen molar-refractivity contribution in [3.63, 3.8) is 0 Å². The van der Waals surface area contributed by atoms with Crippen molar-refractivity contribution in [1.82, 2.24) is 0 Å². The topological polar surface area (TPSA) is 58.9 Å². The van der Waals surface area contributed by atoms with Crippen LogP contribution in [-0.2, 0) is 9.47 Å². The maximum absolute atomic E-state index is 9.62. The Labute approximate surface area is 90.5 Å². The Morgan fingerprint density at radius 2 is 2.07 bits per heavy atom. The van der Waals surface area contributed by atoms with Crippen LogP contribution < -0.4 is 0 Å². The lowest BCUT2D eigenvalue weighted by molar-refractivity contribution is -0.159. The molecule has 88 valence electrons. The highest BCUT2D eigenvalue weighted by molar-refractivity contribution is 4.99. The monoisotopic (exact) mass is 216 g/mol. The van der Waals surface area contributed by atoms with Gasteiger partial charge < -0.3 is 19.7 Å². The number of hydrogen-bond donors (Lipinski definition) is 2. The van der Waals surface area contributed by atoms with Crippen LogP contribution in [-0.4, -0.2) is 42.4 Å². The first kappa shape index (κ1) is 12.6. The van der Waals surface area contributed by atoms with E-state index in [2.05, 4.69) is 0 Å². The smallest absolute Gasteiger partial charge is 0.177 e. The predicted octanol–water partition coefficient (Wildman–Crippen LogP) is 0.827. The van der Waals surface area contributed by atoms with Crippen molar-refractivity contribution in [1.29, 1.82) is 0 Å². The van der Waals surface area contributed by atoms with Crippen molar-refractivity contribution in [2.75, 3.05) is 13.7 Å². The summed E-state index contributed by atoms with van der Waals surface area (Å²) in [5, 5.41) is 18.2. The van der Waals surface area contributed by atoms with Crippen LogP contribution in [0.1, 0.15) is 25.7 Å². The molecule has 0 fully saturated rings. The zero-order chi connectivity index (χ0) is 11.1. The van der Waals surface area contributed by atoms with E-state index in [1.54, 1.807) is 19.3 Å². The van der Waals surface area contributed by atoms with Crippen LogP contribution in [0.15, 0.2) is 12.2 Å². The first-order valence-corrected chi connectivity index (χ1v) is 5.43. The summed E-state index contributed by atoms with van der Waals surface area (Å²) in [4.78, 5) is 0. The van der Waals surface area contributed by atoms with Crippen molar-refractivity contribution in [2.45, 2.75) is 44.2 Å². The third-order valence-electron chi connectivity index (χ3n) is 2.53. The molecule has 4 nitrogen and oxygen atoms in total. The molecule has 0 amide bonds. The summed E-state index contributed by atoms with van der Waals surface area (Å²) in [5.74, 6) is 0. The van der Waals surface area contributed by atoms with E-state index in [4.69, 9.17) is 14.6 Å². The highest BCUT2D eigenvalue weighted by atomic mass is 16.7. The Bertz CT molecular complexity index is 193. The molecule has 0 radical (unpaired) electrons. The molecule has 0 bridgehead atoms. The summed E-state index contributed by atoms with van der Waals surface area (Å²) in [7, 11) is 1.58. The maximum Gasteiger partial charge on any atom is 0.177 e. The average Bonchev–Trinajstić information content (AvgIpc) is 2.26. The number of methoxy groups -OCH3 is 1. The van der Waals surface area contributed by atoms with Gasteiger partial charge in [0.05, 0.1) is 12.2 Å². The molecule has 0 aromatic carbocycles. The van der Waals surface area contributed by atoms with Gasteiger partial charge in [0.15, 0.2) is 6.29 Å². The summed E-state index contributed by atoms with van der Waals surface area (Å²) in [5.41, 5.74) is 0. The molecule has 0 aromatic heterocycles. The number of aliphatic hydroxyl groups excluding tert-OH is 2. The van der Waals surface area contributed by atoms with Crippen LogP contribution in [0.4, 0.5) is 0 Å². The molecule has 1 aliphatic rings. The number of aliphatic hydroxyl groups is 2. The van der Waals surface area contributed by atoms with Gasteiger partial charge in [-0.15, -0.1) is 0 Å². The standard InChI is InChI=1S/C11H20O4/c1-14-11-7-6-9(13)10(15-11)5-3-2-4-8-12/h6-7,9-13H,2-5,8H2,1H3. The molecule has 0 spiro atoms. The van der Waals surface area contributed by atoms with Crippen molar-refractivity contribution in [3.05, 3.63) is 12.2 Å². The van der Waals surface area contributed by atoms with E-state index >= 15 is 0 Å². The fourth-order valence-electron chi connectivity index (χ4n) is 1.63. The van der Waals surface area contributed by atoms with Gasteiger partial charge in [0.1, 0.15) is 0 Å². The lowest BCUT2D eigenvalue weighted by Crippen LogP contribution is -2.35. The summed E-state index contributed by atoms with van der Waals surface area (Å²) < 4.78 is 10.5. The fourth-order valence-corrected chi connectivity index (χ4v) is 1.63. The first-order chi connectivity index (χ1) is 7.27. The Balaban J connectivity index is 2.25. The van der Waals surface area contributed by atoms with Crippen LogP contribution in [0.3, 0.4) is 0 Å². The molecule has 1 heterocycles. The van der Waals surface area contributed by atoms with E-state index in [9.17, 15) is 5.11 Å². The number of hydrogen-bond acceptors (Lipinski definition) is 4. The second-order valence-electron chi connectivity index (χ2n) is 3.73. The van der Waals surface area contributed by atoms with Gasteiger partial charge >= 0.3 is 0 Å². The quantitative estimate of drug-likeness (QED) is 0.510. The molecule has 0 saturated carbocycles. The van der Waals surface area contributed by atoms with E-state index in [0.717, 1.165) is 25.7 Å². The van der Waals surface area contributed by atoms with Gasteiger partial charge in [-0.25, -0.2) is 0 Å². The van der Waals surface area contributed by atoms with Crippen LogP contribution >= 0.6 is 0 Å². The van der Waals surface area contributed by atoms with Gasteiger partial charge in [-0.2, -0.15) is 0 Å². The molecule has 0 aromatic rings. The van der Waals surface area contributed by atoms with Crippen LogP contribution in [0.25, 0.3) is 0 Å². The average molecular weight is 216 g/mol. The van der Waals surface area contributed by atoms with Crippen molar-refractivity contribution >= 4 is 0 Å². The number of rotatable bonds is 6. The van der Waals surface area contributed by atoms with Crippen LogP contribution in [0.5, 0.6) is 0 Å². The SMILES string of the molecule is COC1C=CC(O)C(CCCCCO)O1. The third kappa shape index (κ3) is 4.30. The van der Waals surface area contributed by atoms with Crippen molar-refractivity contribution < 1.29 is 19.7 Å². The zero-order valence-corrected chi connectivity index (χ0v) is 9.13. The molecule has 3 atom stereocenters. The molecule has 3 unspecified atom stereocenters. The molecule has 4 heteroatoms. The molecule has 0 aliphatic carbocycles. The van der Waals surface area contributed by atoms with Gasteiger partial charge in [0, 0.05) is 13.7 Å². The van der Waals surface area contributed by atoms with Gasteiger partial charge in [0.25, 0.3) is 0 Å². The minimum Gasteiger partial charge on any atom is -0.396 e. The van der Waals surface area contributed by atoms with Crippen molar-refractivity contribution in [2.24, 2.45) is 0 Å². The highest BCUT2D eigenvalue weighted by Crippen LogP contribution is 2.18. The van der Waals surface area contributed by atoms with Gasteiger partial charge in [-0.3, -0.25) is 0 Å². The predicted molar refractivity (Wildman–Crippen MR) is 56.4 cm³/mol. The largest absolute Gasteiger partial charge is 0.396 e. The molecular weight excluding hydrogens is 196 g/mol. The Morgan fingerprint density at radius 3 is 2.73 bits per heavy atom. The first-order valence-electron chi connectivity index (χ1n) is 5.43. The minimum atomic E-state index is -0.537. The number of unbranched alkanes of at least 4 members (excludes halogenated alkanes) is 2. The van der Waals surface area contributed by atoms with Crippen molar-refractivity contribution in [3.8, 4) is 0 Å². The van der Waals surface area contributed by atoms with Gasteiger partial charge in [-0.05, 0) is 18.9 Å². The molecule has 1 rings (SSSR count). The zero-order valence-electron chi connectivity index (χ0n) is 9.13. The lowest BCUT2D eigenvalue weighted by Gasteiger charge is -2.28. The Kier molecular flexibility index (Phi) is 5.86. The van der Waals surface area contributed by atoms with E-state index in [-0.39, 0.29) is 19.0 Å². The molecule has 2 N–H and O–H groups in total. The maximum atomic E-state index is 9.62. The normalized spacial score (nSPS) is 30.7. The fraction of sp³-hybridized carbons (Fsp3) is 0.818. The molecular formula is C11H20O4.